The van der Waals surface area contributed by atoms with Gasteiger partial charge >= 0.3 is 0 Å². The molecule has 0 fully saturated rings. The van der Waals surface area contributed by atoms with Gasteiger partial charge in [-0.1, -0.05) is 13.8 Å². The predicted octanol–water partition coefficient (Wildman–Crippen LogP) is 3.66. The van der Waals surface area contributed by atoms with Crippen molar-refractivity contribution in [2.24, 2.45) is 0 Å². The highest BCUT2D eigenvalue weighted by Crippen LogP contribution is 2.23. The molecule has 0 radical (unpaired) electrons. The maximum absolute atomic E-state index is 13.6. The van der Waals surface area contributed by atoms with Crippen LogP contribution in [0, 0.1) is 5.82 Å². The van der Waals surface area contributed by atoms with Gasteiger partial charge in [0.25, 0.3) is 5.91 Å². The van der Waals surface area contributed by atoms with Gasteiger partial charge in [-0.25, -0.2) is 12.8 Å². The van der Waals surface area contributed by atoms with E-state index in [2.05, 4.69) is 10.3 Å². The summed E-state index contributed by atoms with van der Waals surface area (Å²) in [4.78, 5) is 16.8. The predicted molar refractivity (Wildman–Crippen MR) is 106 cm³/mol. The van der Waals surface area contributed by atoms with Crippen LogP contribution in [0.3, 0.4) is 0 Å². The molecule has 8 heteroatoms. The van der Waals surface area contributed by atoms with E-state index in [4.69, 9.17) is 0 Å². The Kier molecular flexibility index (Phi) is 5.71. The molecule has 2 aromatic carbocycles. The second-order valence-corrected chi connectivity index (χ2v) is 8.03. The molecule has 0 aliphatic heterocycles. The fourth-order valence-electron chi connectivity index (χ4n) is 2.91. The highest BCUT2D eigenvalue weighted by molar-refractivity contribution is 7.89. The van der Waals surface area contributed by atoms with Crippen molar-refractivity contribution in [2.45, 2.75) is 18.7 Å². The molecule has 1 aromatic heterocycles. The number of pyridine rings is 1. The van der Waals surface area contributed by atoms with Gasteiger partial charge in [0, 0.05) is 30.2 Å². The molecule has 1 heterocycles. The van der Waals surface area contributed by atoms with Crippen molar-refractivity contribution in [1.29, 1.82) is 0 Å². The van der Waals surface area contributed by atoms with E-state index in [1.54, 1.807) is 19.9 Å². The van der Waals surface area contributed by atoms with Gasteiger partial charge < -0.3 is 5.32 Å². The van der Waals surface area contributed by atoms with Crippen molar-refractivity contribution >= 4 is 32.5 Å². The summed E-state index contributed by atoms with van der Waals surface area (Å²) in [5.74, 6) is -0.856. The fraction of sp³-hybridized carbons (Fsp3) is 0.200. The van der Waals surface area contributed by atoms with Crippen molar-refractivity contribution in [1.82, 2.24) is 9.29 Å². The van der Waals surface area contributed by atoms with Crippen LogP contribution < -0.4 is 5.32 Å². The summed E-state index contributed by atoms with van der Waals surface area (Å²) in [7, 11) is -3.58. The number of hydrogen-bond acceptors (Lipinski definition) is 4. The lowest BCUT2D eigenvalue weighted by Crippen LogP contribution is -2.30. The maximum Gasteiger partial charge on any atom is 0.255 e. The quantitative estimate of drug-likeness (QED) is 0.684. The van der Waals surface area contributed by atoms with Crippen LogP contribution >= 0.6 is 0 Å². The summed E-state index contributed by atoms with van der Waals surface area (Å²) < 4.78 is 40.0. The normalized spacial score (nSPS) is 11.7. The number of sulfonamides is 1. The minimum absolute atomic E-state index is 0.129. The number of benzene rings is 2. The first kappa shape index (κ1) is 19.9. The number of rotatable bonds is 6. The highest BCUT2D eigenvalue weighted by Gasteiger charge is 2.21. The summed E-state index contributed by atoms with van der Waals surface area (Å²) in [6, 6.07) is 11.4. The summed E-state index contributed by atoms with van der Waals surface area (Å²) in [6.45, 7) is 4.27. The molecule has 0 aliphatic rings. The van der Waals surface area contributed by atoms with Gasteiger partial charge in [0.1, 0.15) is 5.82 Å². The van der Waals surface area contributed by atoms with Gasteiger partial charge in [-0.2, -0.15) is 4.31 Å². The van der Waals surface area contributed by atoms with E-state index in [1.165, 1.54) is 53.0 Å². The average Bonchev–Trinajstić information content (AvgIpc) is 2.69. The Morgan fingerprint density at radius 2 is 1.75 bits per heavy atom. The van der Waals surface area contributed by atoms with E-state index in [-0.39, 0.29) is 4.90 Å². The number of carbonyl (C=O) groups is 1. The minimum Gasteiger partial charge on any atom is -0.321 e. The smallest absolute Gasteiger partial charge is 0.255 e. The van der Waals surface area contributed by atoms with Gasteiger partial charge in [-0.15, -0.1) is 0 Å². The fourth-order valence-corrected chi connectivity index (χ4v) is 4.37. The molecular formula is C20H20FN3O3S. The van der Waals surface area contributed by atoms with Crippen LogP contribution in [-0.2, 0) is 10.0 Å². The number of carbonyl (C=O) groups excluding carboxylic acids is 1. The monoisotopic (exact) mass is 401 g/mol. The zero-order chi connectivity index (χ0) is 20.3. The first-order chi connectivity index (χ1) is 13.4. The molecule has 6 nitrogen and oxygen atoms in total. The Labute approximate surface area is 163 Å². The van der Waals surface area contributed by atoms with Crippen molar-refractivity contribution < 1.29 is 17.6 Å². The second-order valence-electron chi connectivity index (χ2n) is 6.09. The van der Waals surface area contributed by atoms with Crippen molar-refractivity contribution in [3.63, 3.8) is 0 Å². The van der Waals surface area contributed by atoms with E-state index < -0.39 is 21.7 Å². The molecule has 3 rings (SSSR count). The number of hydrogen-bond donors (Lipinski definition) is 1. The molecule has 1 amide bonds. The topological polar surface area (TPSA) is 79.4 Å². The van der Waals surface area contributed by atoms with Gasteiger partial charge in [0.15, 0.2) is 0 Å². The van der Waals surface area contributed by atoms with Crippen LogP contribution in [-0.4, -0.2) is 36.7 Å². The van der Waals surface area contributed by atoms with E-state index in [0.29, 0.717) is 35.2 Å². The Balaban J connectivity index is 1.86. The SMILES string of the molecule is CCN(CC)S(=O)(=O)c1ccc(C(=O)Nc2ccnc3ccc(F)cc23)cc1. The molecule has 3 aromatic rings. The number of nitrogens with one attached hydrogen (secondary N) is 1. The van der Waals surface area contributed by atoms with Crippen LogP contribution in [0.15, 0.2) is 59.6 Å². The summed E-state index contributed by atoms with van der Waals surface area (Å²) in [6.07, 6.45) is 1.52. The van der Waals surface area contributed by atoms with Crippen LogP contribution in [0.5, 0.6) is 0 Å². The summed E-state index contributed by atoms with van der Waals surface area (Å²) >= 11 is 0. The zero-order valence-corrected chi connectivity index (χ0v) is 16.3. The van der Waals surface area contributed by atoms with Crippen molar-refractivity contribution in [3.8, 4) is 0 Å². The lowest BCUT2D eigenvalue weighted by Gasteiger charge is -2.18. The molecule has 0 aliphatic carbocycles. The van der Waals surface area contributed by atoms with E-state index in [9.17, 15) is 17.6 Å². The Morgan fingerprint density at radius 1 is 1.07 bits per heavy atom. The Morgan fingerprint density at radius 3 is 2.39 bits per heavy atom. The van der Waals surface area contributed by atoms with Gasteiger partial charge in [0.2, 0.25) is 10.0 Å². The van der Waals surface area contributed by atoms with Crippen LogP contribution in [0.4, 0.5) is 10.1 Å². The number of fused-ring (bicyclic) bond motifs is 1. The van der Waals surface area contributed by atoms with E-state index in [0.717, 1.165) is 0 Å². The highest BCUT2D eigenvalue weighted by atomic mass is 32.2. The Hall–Kier alpha value is -2.84. The van der Waals surface area contributed by atoms with Gasteiger partial charge in [-0.05, 0) is 48.5 Å². The molecule has 28 heavy (non-hydrogen) atoms. The van der Waals surface area contributed by atoms with Gasteiger partial charge in [-0.3, -0.25) is 9.78 Å². The van der Waals surface area contributed by atoms with Crippen LogP contribution in [0.2, 0.25) is 0 Å². The maximum atomic E-state index is 13.6. The second kappa shape index (κ2) is 8.04. The largest absolute Gasteiger partial charge is 0.321 e. The molecular weight excluding hydrogens is 381 g/mol. The van der Waals surface area contributed by atoms with Crippen LogP contribution in [0.25, 0.3) is 10.9 Å². The zero-order valence-electron chi connectivity index (χ0n) is 15.5. The molecule has 0 saturated heterocycles. The number of amides is 1. The molecule has 0 bridgehead atoms. The minimum atomic E-state index is -3.58. The van der Waals surface area contributed by atoms with E-state index >= 15 is 0 Å². The average molecular weight is 401 g/mol. The number of aromatic nitrogens is 1. The van der Waals surface area contributed by atoms with Crippen LogP contribution in [0.1, 0.15) is 24.2 Å². The standard InChI is InChI=1S/C20H20FN3O3S/c1-3-24(4-2)28(26,27)16-8-5-14(6-9-16)20(25)23-19-11-12-22-18-10-7-15(21)13-17(18)19/h5-13H,3-4H2,1-2H3,(H,22,23,25). The number of nitrogens with zero attached hydrogens (tertiary/aromatic N) is 2. The number of anilines is 1. The first-order valence-electron chi connectivity index (χ1n) is 8.82. The molecule has 0 unspecified atom stereocenters. The molecule has 146 valence electrons. The van der Waals surface area contributed by atoms with Gasteiger partial charge in [0.05, 0.1) is 16.1 Å². The third-order valence-corrected chi connectivity index (χ3v) is 6.48. The Bertz CT molecular complexity index is 1110. The first-order valence-corrected chi connectivity index (χ1v) is 10.3. The molecule has 0 saturated carbocycles. The lowest BCUT2D eigenvalue weighted by atomic mass is 10.1. The molecule has 0 spiro atoms. The third kappa shape index (κ3) is 3.88. The summed E-state index contributed by atoms with van der Waals surface area (Å²) in [5.41, 5.74) is 1.27. The van der Waals surface area contributed by atoms with Crippen molar-refractivity contribution in [2.75, 3.05) is 18.4 Å². The third-order valence-electron chi connectivity index (χ3n) is 4.41. The molecule has 0 atom stereocenters. The van der Waals surface area contributed by atoms with E-state index in [1.807, 2.05) is 0 Å². The lowest BCUT2D eigenvalue weighted by molar-refractivity contribution is 0.102. The molecule has 1 N–H and O–H groups in total. The van der Waals surface area contributed by atoms with Crippen molar-refractivity contribution in [3.05, 3.63) is 66.1 Å². The summed E-state index contributed by atoms with van der Waals surface area (Å²) in [5, 5.41) is 3.21. The number of halogens is 1.